The number of amides is 1. The minimum Gasteiger partial charge on any atom is -0.324 e. The highest BCUT2D eigenvalue weighted by atomic mass is 35.5. The molecule has 0 saturated heterocycles. The summed E-state index contributed by atoms with van der Waals surface area (Å²) >= 11 is 12.6. The molecule has 21 heavy (non-hydrogen) atoms. The number of nitrogens with one attached hydrogen (secondary N) is 1. The molecule has 0 heterocycles. The van der Waals surface area contributed by atoms with Crippen molar-refractivity contribution >= 4 is 34.8 Å². The largest absolute Gasteiger partial charge is 0.324 e. The van der Waals surface area contributed by atoms with Crippen molar-refractivity contribution in [2.75, 3.05) is 5.32 Å². The number of para-hydroxylation sites is 1. The normalized spacial score (nSPS) is 13.8. The van der Waals surface area contributed by atoms with E-state index in [9.17, 15) is 4.79 Å². The molecule has 0 bridgehead atoms. The third-order valence-corrected chi connectivity index (χ3v) is 4.50. The minimum absolute atomic E-state index is 0.0796. The molecule has 0 aliphatic heterocycles. The van der Waals surface area contributed by atoms with Crippen molar-refractivity contribution < 1.29 is 4.79 Å². The number of carbonyl (C=O) groups excluding carboxylic acids is 1. The summed E-state index contributed by atoms with van der Waals surface area (Å²) in [4.78, 5) is 11.5. The fourth-order valence-electron chi connectivity index (χ4n) is 2.16. The van der Waals surface area contributed by atoms with E-state index in [2.05, 4.69) is 5.32 Å². The van der Waals surface area contributed by atoms with Gasteiger partial charge in [-0.25, -0.2) is 0 Å². The minimum atomic E-state index is -1.14. The van der Waals surface area contributed by atoms with Crippen molar-refractivity contribution in [3.05, 3.63) is 65.2 Å². The lowest BCUT2D eigenvalue weighted by molar-refractivity contribution is -0.120. The quantitative estimate of drug-likeness (QED) is 0.783. The van der Waals surface area contributed by atoms with Gasteiger partial charge in [-0.15, -0.1) is 11.6 Å². The number of rotatable bonds is 4. The summed E-state index contributed by atoms with van der Waals surface area (Å²) in [6, 6.07) is 16.4. The van der Waals surface area contributed by atoms with E-state index >= 15 is 0 Å². The van der Waals surface area contributed by atoms with Crippen molar-refractivity contribution in [2.45, 2.75) is 18.7 Å². The summed E-state index contributed by atoms with van der Waals surface area (Å²) in [5.41, 5.74) is 1.46. The van der Waals surface area contributed by atoms with Crippen LogP contribution in [0.1, 0.15) is 19.4 Å². The number of hydrogen-bond donors (Lipinski definition) is 1. The number of hydrogen-bond acceptors (Lipinski definition) is 1. The molecule has 0 spiro atoms. The van der Waals surface area contributed by atoms with E-state index in [-0.39, 0.29) is 11.8 Å². The highest BCUT2D eigenvalue weighted by Crippen LogP contribution is 2.38. The molecule has 2 aromatic rings. The first-order valence-electron chi connectivity index (χ1n) is 6.76. The number of benzene rings is 2. The van der Waals surface area contributed by atoms with Gasteiger partial charge in [0.05, 0.1) is 0 Å². The maximum Gasteiger partial charge on any atom is 0.250 e. The van der Waals surface area contributed by atoms with Crippen LogP contribution in [0.4, 0.5) is 5.69 Å². The van der Waals surface area contributed by atoms with Crippen molar-refractivity contribution in [1.82, 2.24) is 0 Å². The van der Waals surface area contributed by atoms with Gasteiger partial charge in [-0.1, -0.05) is 55.8 Å². The predicted octanol–water partition coefficient (Wildman–Crippen LogP) is 5.07. The lowest BCUT2D eigenvalue weighted by atomic mass is 9.86. The maximum atomic E-state index is 12.7. The van der Waals surface area contributed by atoms with Crippen LogP contribution in [0.5, 0.6) is 0 Å². The highest BCUT2D eigenvalue weighted by Gasteiger charge is 2.41. The fraction of sp³-hybridized carbons (Fsp3) is 0.235. The fourth-order valence-corrected chi connectivity index (χ4v) is 2.46. The number of anilines is 1. The van der Waals surface area contributed by atoms with Crippen LogP contribution >= 0.6 is 23.2 Å². The molecule has 0 radical (unpaired) electrons. The first-order chi connectivity index (χ1) is 9.94. The molecule has 110 valence electrons. The smallest absolute Gasteiger partial charge is 0.250 e. The summed E-state index contributed by atoms with van der Waals surface area (Å²) in [7, 11) is 0. The molecule has 0 saturated carbocycles. The van der Waals surface area contributed by atoms with Gasteiger partial charge in [-0.05, 0) is 35.7 Å². The zero-order valence-corrected chi connectivity index (χ0v) is 13.4. The maximum absolute atomic E-state index is 12.7. The van der Waals surface area contributed by atoms with Gasteiger partial charge >= 0.3 is 0 Å². The van der Waals surface area contributed by atoms with Gasteiger partial charge in [0, 0.05) is 10.7 Å². The molecule has 0 aliphatic carbocycles. The Labute approximate surface area is 135 Å². The lowest BCUT2D eigenvalue weighted by Gasteiger charge is -2.30. The first-order valence-corrected chi connectivity index (χ1v) is 7.51. The Balaban J connectivity index is 2.33. The Bertz CT molecular complexity index is 610. The Morgan fingerprint density at radius 3 is 2.14 bits per heavy atom. The van der Waals surface area contributed by atoms with E-state index < -0.39 is 4.87 Å². The second-order valence-corrected chi connectivity index (χ2v) is 6.23. The summed E-state index contributed by atoms with van der Waals surface area (Å²) in [6.45, 7) is 3.85. The zero-order chi connectivity index (χ0) is 15.5. The van der Waals surface area contributed by atoms with Crippen LogP contribution in [0.3, 0.4) is 0 Å². The van der Waals surface area contributed by atoms with Crippen LogP contribution in [-0.2, 0) is 9.67 Å². The SMILES string of the molecule is CC(C)C(Cl)(C(=O)Nc1ccccc1)c1ccc(Cl)cc1. The molecule has 2 rings (SSSR count). The van der Waals surface area contributed by atoms with E-state index in [0.717, 1.165) is 11.3 Å². The molecule has 0 fully saturated rings. The molecule has 1 amide bonds. The number of alkyl halides is 1. The second-order valence-electron chi connectivity index (χ2n) is 5.19. The van der Waals surface area contributed by atoms with E-state index in [4.69, 9.17) is 23.2 Å². The third-order valence-electron chi connectivity index (χ3n) is 3.42. The summed E-state index contributed by atoms with van der Waals surface area (Å²) in [5.74, 6) is -0.322. The Morgan fingerprint density at radius 2 is 1.62 bits per heavy atom. The molecule has 4 heteroatoms. The van der Waals surface area contributed by atoms with E-state index in [1.807, 2.05) is 44.2 Å². The van der Waals surface area contributed by atoms with Crippen molar-refractivity contribution in [3.63, 3.8) is 0 Å². The molecule has 2 aromatic carbocycles. The van der Waals surface area contributed by atoms with Crippen molar-refractivity contribution in [3.8, 4) is 0 Å². The van der Waals surface area contributed by atoms with Gasteiger partial charge in [0.2, 0.25) is 5.91 Å². The van der Waals surface area contributed by atoms with E-state index in [0.29, 0.717) is 5.02 Å². The molecule has 1 atom stereocenters. The molecular weight excluding hydrogens is 305 g/mol. The molecule has 2 nitrogen and oxygen atoms in total. The van der Waals surface area contributed by atoms with Gasteiger partial charge in [0.15, 0.2) is 4.87 Å². The average molecular weight is 322 g/mol. The van der Waals surface area contributed by atoms with Crippen LogP contribution in [0.25, 0.3) is 0 Å². The highest BCUT2D eigenvalue weighted by molar-refractivity contribution is 6.36. The summed E-state index contributed by atoms with van der Waals surface area (Å²) in [5, 5.41) is 3.49. The summed E-state index contributed by atoms with van der Waals surface area (Å²) < 4.78 is 0. The van der Waals surface area contributed by atoms with Crippen LogP contribution in [0, 0.1) is 5.92 Å². The van der Waals surface area contributed by atoms with Crippen LogP contribution in [0.15, 0.2) is 54.6 Å². The molecular formula is C17H17Cl2NO. The van der Waals surface area contributed by atoms with Crippen molar-refractivity contribution in [1.29, 1.82) is 0 Å². The molecule has 0 aliphatic rings. The number of halogens is 2. The Hall–Kier alpha value is -1.51. The monoisotopic (exact) mass is 321 g/mol. The van der Waals surface area contributed by atoms with Gasteiger partial charge < -0.3 is 5.32 Å². The van der Waals surface area contributed by atoms with Crippen LogP contribution in [-0.4, -0.2) is 5.91 Å². The van der Waals surface area contributed by atoms with Gasteiger partial charge in [-0.3, -0.25) is 4.79 Å². The Morgan fingerprint density at radius 1 is 1.05 bits per heavy atom. The molecule has 1 N–H and O–H groups in total. The third kappa shape index (κ3) is 3.39. The van der Waals surface area contributed by atoms with Gasteiger partial charge in [-0.2, -0.15) is 0 Å². The Kier molecular flexibility index (Phi) is 4.92. The summed E-state index contributed by atoms with van der Waals surface area (Å²) in [6.07, 6.45) is 0. The van der Waals surface area contributed by atoms with Crippen LogP contribution in [0.2, 0.25) is 5.02 Å². The molecule has 0 aromatic heterocycles. The lowest BCUT2D eigenvalue weighted by Crippen LogP contribution is -2.39. The average Bonchev–Trinajstić information content (AvgIpc) is 2.48. The van der Waals surface area contributed by atoms with Gasteiger partial charge in [0.25, 0.3) is 0 Å². The number of carbonyl (C=O) groups is 1. The first kappa shape index (κ1) is 15.9. The van der Waals surface area contributed by atoms with E-state index in [1.165, 1.54) is 0 Å². The van der Waals surface area contributed by atoms with Gasteiger partial charge in [0.1, 0.15) is 0 Å². The van der Waals surface area contributed by atoms with Crippen LogP contribution < -0.4 is 5.32 Å². The second kappa shape index (κ2) is 6.50. The topological polar surface area (TPSA) is 29.1 Å². The van der Waals surface area contributed by atoms with E-state index in [1.54, 1.807) is 24.3 Å². The molecule has 1 unspecified atom stereocenters. The zero-order valence-electron chi connectivity index (χ0n) is 11.9. The van der Waals surface area contributed by atoms with Crippen molar-refractivity contribution in [2.24, 2.45) is 5.92 Å². The standard InChI is InChI=1S/C17H17Cl2NO/c1-12(2)17(19,13-8-10-14(18)11-9-13)16(21)20-15-6-4-3-5-7-15/h3-12H,1-2H3,(H,20,21). The predicted molar refractivity (Wildman–Crippen MR) is 88.9 cm³/mol.